The average molecular weight is 426 g/mol. The lowest BCUT2D eigenvalue weighted by molar-refractivity contribution is 0.102. The Labute approximate surface area is 178 Å². The van der Waals surface area contributed by atoms with Crippen LogP contribution < -0.4 is 20.3 Å². The number of carbonyl (C=O) groups is 1. The van der Waals surface area contributed by atoms with E-state index < -0.39 is 11.7 Å². The second-order valence-corrected chi connectivity index (χ2v) is 7.90. The van der Waals surface area contributed by atoms with Gasteiger partial charge in [-0.15, -0.1) is 0 Å². The summed E-state index contributed by atoms with van der Waals surface area (Å²) in [4.78, 5) is 28.0. The molecule has 9 nitrogen and oxygen atoms in total. The molecule has 0 bridgehead atoms. The van der Waals surface area contributed by atoms with Crippen LogP contribution in [0, 0.1) is 24.6 Å². The van der Waals surface area contributed by atoms with Crippen molar-refractivity contribution in [2.45, 2.75) is 13.8 Å². The standard InChI is InChI=1S/C21H23FN6O3/c1-3-30-20-15(8-24-21(27-20)28-9-12-6-23-7-13(12)10-28)19(29)26-14-4-16(22)18-17(5-14)31-11(2)25-18/h4-5,8,12-13,23H,3,6-7,9-10H2,1-2H3,(H,26,29). The molecule has 4 heterocycles. The molecule has 2 aliphatic rings. The van der Waals surface area contributed by atoms with Gasteiger partial charge in [0.15, 0.2) is 17.3 Å². The number of nitrogens with one attached hydrogen (secondary N) is 2. The number of halogens is 1. The molecule has 2 atom stereocenters. The van der Waals surface area contributed by atoms with Gasteiger partial charge in [0, 0.05) is 51.1 Å². The molecule has 162 valence electrons. The highest BCUT2D eigenvalue weighted by atomic mass is 19.1. The van der Waals surface area contributed by atoms with Crippen molar-refractivity contribution in [1.82, 2.24) is 20.3 Å². The van der Waals surface area contributed by atoms with Gasteiger partial charge in [0.2, 0.25) is 11.8 Å². The Bertz CT molecular complexity index is 1140. The number of amides is 1. The van der Waals surface area contributed by atoms with E-state index in [-0.39, 0.29) is 28.2 Å². The van der Waals surface area contributed by atoms with Gasteiger partial charge in [-0.1, -0.05) is 0 Å². The summed E-state index contributed by atoms with van der Waals surface area (Å²) in [6, 6.07) is 2.73. The number of aryl methyl sites for hydroxylation is 1. The number of anilines is 2. The van der Waals surface area contributed by atoms with Gasteiger partial charge >= 0.3 is 0 Å². The summed E-state index contributed by atoms with van der Waals surface area (Å²) in [5, 5.41) is 6.08. The van der Waals surface area contributed by atoms with Gasteiger partial charge < -0.3 is 24.7 Å². The lowest BCUT2D eigenvalue weighted by atomic mass is 10.0. The minimum Gasteiger partial charge on any atom is -0.477 e. The summed E-state index contributed by atoms with van der Waals surface area (Å²) in [7, 11) is 0. The van der Waals surface area contributed by atoms with Crippen LogP contribution in [-0.2, 0) is 0 Å². The Hall–Kier alpha value is -3.27. The fourth-order valence-corrected chi connectivity index (χ4v) is 4.30. The molecule has 5 rings (SSSR count). The first-order chi connectivity index (χ1) is 15.0. The SMILES string of the molecule is CCOc1nc(N2CC3CNCC3C2)ncc1C(=O)Nc1cc(F)c2nc(C)oc2c1. The molecule has 0 spiro atoms. The van der Waals surface area contributed by atoms with Gasteiger partial charge in [-0.25, -0.2) is 14.4 Å². The number of oxazole rings is 1. The second kappa shape index (κ2) is 7.77. The average Bonchev–Trinajstić information content (AvgIpc) is 3.42. The Balaban J connectivity index is 1.39. The minimum atomic E-state index is -0.574. The molecule has 1 aromatic carbocycles. The molecule has 2 fully saturated rings. The Morgan fingerprint density at radius 3 is 2.84 bits per heavy atom. The van der Waals surface area contributed by atoms with E-state index >= 15 is 0 Å². The number of ether oxygens (including phenoxy) is 1. The van der Waals surface area contributed by atoms with Crippen molar-refractivity contribution in [1.29, 1.82) is 0 Å². The van der Waals surface area contributed by atoms with Crippen molar-refractivity contribution in [2.75, 3.05) is 43.0 Å². The lowest BCUT2D eigenvalue weighted by Gasteiger charge is -2.19. The van der Waals surface area contributed by atoms with Crippen LogP contribution in [0.25, 0.3) is 11.1 Å². The Morgan fingerprint density at radius 1 is 1.32 bits per heavy atom. The van der Waals surface area contributed by atoms with Gasteiger partial charge in [-0.3, -0.25) is 4.79 Å². The number of hydrogen-bond acceptors (Lipinski definition) is 8. The van der Waals surface area contributed by atoms with E-state index in [0.717, 1.165) is 26.2 Å². The molecule has 2 aromatic heterocycles. The van der Waals surface area contributed by atoms with Gasteiger partial charge in [0.1, 0.15) is 11.1 Å². The third kappa shape index (κ3) is 3.67. The fraction of sp³-hybridized carbons (Fsp3) is 0.429. The molecule has 3 aromatic rings. The molecule has 0 radical (unpaired) electrons. The number of hydrogen-bond donors (Lipinski definition) is 2. The van der Waals surface area contributed by atoms with Gasteiger partial charge in [-0.2, -0.15) is 4.98 Å². The number of nitrogens with zero attached hydrogens (tertiary/aromatic N) is 4. The largest absolute Gasteiger partial charge is 0.477 e. The third-order valence-electron chi connectivity index (χ3n) is 5.75. The summed E-state index contributed by atoms with van der Waals surface area (Å²) in [6.07, 6.45) is 1.46. The third-order valence-corrected chi connectivity index (χ3v) is 5.75. The predicted molar refractivity (Wildman–Crippen MR) is 112 cm³/mol. The van der Waals surface area contributed by atoms with E-state index in [1.54, 1.807) is 6.92 Å². The highest BCUT2D eigenvalue weighted by Crippen LogP contribution is 2.30. The van der Waals surface area contributed by atoms with Crippen LogP contribution in [0.15, 0.2) is 22.7 Å². The molecule has 2 unspecified atom stereocenters. The maximum Gasteiger partial charge on any atom is 0.262 e. The van der Waals surface area contributed by atoms with Crippen LogP contribution in [0.3, 0.4) is 0 Å². The monoisotopic (exact) mass is 426 g/mol. The molecule has 0 aliphatic carbocycles. The molecule has 31 heavy (non-hydrogen) atoms. The molecular weight excluding hydrogens is 403 g/mol. The first-order valence-corrected chi connectivity index (χ1v) is 10.4. The molecule has 2 saturated heterocycles. The van der Waals surface area contributed by atoms with Crippen LogP contribution in [0.4, 0.5) is 16.0 Å². The van der Waals surface area contributed by atoms with Crippen LogP contribution >= 0.6 is 0 Å². The van der Waals surface area contributed by atoms with E-state index in [9.17, 15) is 9.18 Å². The highest BCUT2D eigenvalue weighted by Gasteiger charge is 2.37. The van der Waals surface area contributed by atoms with Crippen molar-refractivity contribution in [3.05, 3.63) is 35.6 Å². The van der Waals surface area contributed by atoms with E-state index in [1.165, 1.54) is 18.3 Å². The maximum atomic E-state index is 14.3. The summed E-state index contributed by atoms with van der Waals surface area (Å²) in [5.74, 6) is 1.22. The first kappa shape index (κ1) is 19.7. The molecule has 0 saturated carbocycles. The zero-order valence-electron chi connectivity index (χ0n) is 17.3. The van der Waals surface area contributed by atoms with Crippen LogP contribution in [0.2, 0.25) is 0 Å². The first-order valence-electron chi connectivity index (χ1n) is 10.4. The Kier molecular flexibility index (Phi) is 4.93. The summed E-state index contributed by atoms with van der Waals surface area (Å²) < 4.78 is 25.3. The molecule has 10 heteroatoms. The van der Waals surface area contributed by atoms with Crippen molar-refractivity contribution in [2.24, 2.45) is 11.8 Å². The van der Waals surface area contributed by atoms with Crippen molar-refractivity contribution in [3.63, 3.8) is 0 Å². The quantitative estimate of drug-likeness (QED) is 0.641. The predicted octanol–water partition coefficient (Wildman–Crippen LogP) is 2.37. The van der Waals surface area contributed by atoms with Crippen LogP contribution in [0.1, 0.15) is 23.2 Å². The van der Waals surface area contributed by atoms with E-state index in [0.29, 0.717) is 30.3 Å². The lowest BCUT2D eigenvalue weighted by Crippen LogP contribution is -2.27. The van der Waals surface area contributed by atoms with E-state index in [1.807, 2.05) is 6.92 Å². The van der Waals surface area contributed by atoms with Gasteiger partial charge in [0.25, 0.3) is 5.91 Å². The second-order valence-electron chi connectivity index (χ2n) is 7.90. The Morgan fingerprint density at radius 2 is 2.10 bits per heavy atom. The molecule has 1 amide bonds. The van der Waals surface area contributed by atoms with E-state index in [4.69, 9.17) is 9.15 Å². The minimum absolute atomic E-state index is 0.128. The molecular formula is C21H23FN6O3. The zero-order valence-corrected chi connectivity index (χ0v) is 17.3. The number of fused-ring (bicyclic) bond motifs is 2. The fourth-order valence-electron chi connectivity index (χ4n) is 4.30. The summed E-state index contributed by atoms with van der Waals surface area (Å²) in [5.41, 5.74) is 0.820. The topological polar surface area (TPSA) is 105 Å². The normalized spacial score (nSPS) is 20.3. The van der Waals surface area contributed by atoms with Gasteiger partial charge in [0.05, 0.1) is 6.61 Å². The zero-order chi connectivity index (χ0) is 21.5. The van der Waals surface area contributed by atoms with Crippen molar-refractivity contribution >= 4 is 28.6 Å². The van der Waals surface area contributed by atoms with Crippen LogP contribution in [-0.4, -0.2) is 53.6 Å². The molecule has 2 N–H and O–H groups in total. The molecule has 2 aliphatic heterocycles. The van der Waals surface area contributed by atoms with Crippen molar-refractivity contribution in [3.8, 4) is 5.88 Å². The van der Waals surface area contributed by atoms with Crippen LogP contribution in [0.5, 0.6) is 5.88 Å². The smallest absolute Gasteiger partial charge is 0.262 e. The number of benzene rings is 1. The highest BCUT2D eigenvalue weighted by molar-refractivity contribution is 6.06. The van der Waals surface area contributed by atoms with E-state index in [2.05, 4.69) is 30.5 Å². The van der Waals surface area contributed by atoms with Crippen molar-refractivity contribution < 1.29 is 18.3 Å². The maximum absolute atomic E-state index is 14.3. The number of rotatable bonds is 5. The summed E-state index contributed by atoms with van der Waals surface area (Å²) >= 11 is 0. The number of carbonyl (C=O) groups excluding carboxylic acids is 1. The summed E-state index contributed by atoms with van der Waals surface area (Å²) in [6.45, 7) is 7.58. The van der Waals surface area contributed by atoms with Gasteiger partial charge in [-0.05, 0) is 24.8 Å². The number of aromatic nitrogens is 3.